The molecule has 22 heavy (non-hydrogen) atoms. The van der Waals surface area contributed by atoms with Crippen LogP contribution in [0.4, 0.5) is 0 Å². The molecular formula is C16H31IN4O. The van der Waals surface area contributed by atoms with Crippen molar-refractivity contribution in [3.05, 3.63) is 0 Å². The minimum atomic E-state index is 0. The monoisotopic (exact) mass is 422 g/mol. The van der Waals surface area contributed by atoms with Gasteiger partial charge in [0.25, 0.3) is 0 Å². The predicted octanol–water partition coefficient (Wildman–Crippen LogP) is 2.36. The Hall–Kier alpha value is -0.530. The number of halogens is 1. The summed E-state index contributed by atoms with van der Waals surface area (Å²) in [7, 11) is 1.80. The van der Waals surface area contributed by atoms with Crippen LogP contribution in [0.3, 0.4) is 0 Å². The average molecular weight is 422 g/mol. The molecule has 1 heterocycles. The zero-order valence-corrected chi connectivity index (χ0v) is 16.3. The molecule has 1 saturated carbocycles. The van der Waals surface area contributed by atoms with Crippen molar-refractivity contribution in [3.63, 3.8) is 0 Å². The van der Waals surface area contributed by atoms with Crippen LogP contribution in [-0.2, 0) is 4.79 Å². The smallest absolute Gasteiger partial charge is 0.239 e. The van der Waals surface area contributed by atoms with E-state index in [-0.39, 0.29) is 29.9 Å². The molecule has 0 radical (unpaired) electrons. The second-order valence-electron chi connectivity index (χ2n) is 6.48. The Bertz CT molecular complexity index is 380. The highest BCUT2D eigenvalue weighted by molar-refractivity contribution is 14.0. The number of nitrogens with one attached hydrogen (secondary N) is 2. The molecule has 2 rings (SSSR count). The zero-order chi connectivity index (χ0) is 15.1. The molecule has 0 aromatic rings. The SMILES string of the molecule is CCCNC(=O)CNC(=NC)N1CCC2(CCCCC2)C1.I. The van der Waals surface area contributed by atoms with E-state index in [1.165, 1.54) is 38.5 Å². The van der Waals surface area contributed by atoms with Crippen molar-refractivity contribution in [2.24, 2.45) is 10.4 Å². The molecule has 2 N–H and O–H groups in total. The Morgan fingerprint density at radius 2 is 1.91 bits per heavy atom. The molecule has 0 unspecified atom stereocenters. The third kappa shape index (κ3) is 5.28. The number of carbonyl (C=O) groups is 1. The third-order valence-corrected chi connectivity index (χ3v) is 4.84. The molecule has 0 atom stereocenters. The number of hydrogen-bond acceptors (Lipinski definition) is 2. The molecule has 1 amide bonds. The lowest BCUT2D eigenvalue weighted by atomic mass is 9.73. The highest BCUT2D eigenvalue weighted by atomic mass is 127. The highest BCUT2D eigenvalue weighted by Crippen LogP contribution is 2.43. The van der Waals surface area contributed by atoms with E-state index >= 15 is 0 Å². The zero-order valence-electron chi connectivity index (χ0n) is 14.0. The Morgan fingerprint density at radius 3 is 2.55 bits per heavy atom. The van der Waals surface area contributed by atoms with Crippen LogP contribution in [-0.4, -0.2) is 50.0 Å². The van der Waals surface area contributed by atoms with Gasteiger partial charge in [-0.2, -0.15) is 0 Å². The summed E-state index contributed by atoms with van der Waals surface area (Å²) in [5, 5.41) is 6.09. The van der Waals surface area contributed by atoms with E-state index in [4.69, 9.17) is 0 Å². The molecule has 1 aliphatic heterocycles. The van der Waals surface area contributed by atoms with Gasteiger partial charge in [-0.25, -0.2) is 0 Å². The van der Waals surface area contributed by atoms with Crippen molar-refractivity contribution in [3.8, 4) is 0 Å². The summed E-state index contributed by atoms with van der Waals surface area (Å²) in [6.45, 7) is 5.28. The van der Waals surface area contributed by atoms with Crippen molar-refractivity contribution in [1.29, 1.82) is 0 Å². The maximum Gasteiger partial charge on any atom is 0.239 e. The molecule has 2 aliphatic rings. The fourth-order valence-corrected chi connectivity index (χ4v) is 3.64. The van der Waals surface area contributed by atoms with E-state index in [1.807, 2.05) is 0 Å². The van der Waals surface area contributed by atoms with E-state index in [0.717, 1.165) is 32.0 Å². The first-order chi connectivity index (χ1) is 10.2. The minimum Gasteiger partial charge on any atom is -0.355 e. The quantitative estimate of drug-likeness (QED) is 0.416. The molecule has 128 valence electrons. The first-order valence-electron chi connectivity index (χ1n) is 8.41. The summed E-state index contributed by atoms with van der Waals surface area (Å²) in [4.78, 5) is 18.4. The Morgan fingerprint density at radius 1 is 1.18 bits per heavy atom. The van der Waals surface area contributed by atoms with Gasteiger partial charge in [-0.3, -0.25) is 9.79 Å². The van der Waals surface area contributed by atoms with Gasteiger partial charge < -0.3 is 15.5 Å². The molecule has 0 bridgehead atoms. The summed E-state index contributed by atoms with van der Waals surface area (Å²) in [6, 6.07) is 0. The van der Waals surface area contributed by atoms with Gasteiger partial charge in [-0.1, -0.05) is 26.2 Å². The number of rotatable bonds is 4. The van der Waals surface area contributed by atoms with Crippen LogP contribution in [0.15, 0.2) is 4.99 Å². The van der Waals surface area contributed by atoms with Crippen molar-refractivity contribution in [1.82, 2.24) is 15.5 Å². The molecule has 5 nitrogen and oxygen atoms in total. The Balaban J connectivity index is 0.00000242. The number of guanidine groups is 1. The van der Waals surface area contributed by atoms with E-state index in [9.17, 15) is 4.79 Å². The normalized spacial score (nSPS) is 20.6. The Labute approximate surface area is 151 Å². The van der Waals surface area contributed by atoms with Gasteiger partial charge in [0, 0.05) is 26.7 Å². The second-order valence-corrected chi connectivity index (χ2v) is 6.48. The maximum absolute atomic E-state index is 11.7. The summed E-state index contributed by atoms with van der Waals surface area (Å²) in [5.74, 6) is 0.925. The third-order valence-electron chi connectivity index (χ3n) is 4.84. The van der Waals surface area contributed by atoms with Gasteiger partial charge in [-0.15, -0.1) is 24.0 Å². The van der Waals surface area contributed by atoms with Crippen LogP contribution in [0.2, 0.25) is 0 Å². The Kier molecular flexibility index (Phi) is 8.49. The van der Waals surface area contributed by atoms with Gasteiger partial charge in [0.2, 0.25) is 5.91 Å². The number of amides is 1. The van der Waals surface area contributed by atoms with Crippen molar-refractivity contribution in [2.45, 2.75) is 51.9 Å². The van der Waals surface area contributed by atoms with Crippen molar-refractivity contribution in [2.75, 3.05) is 33.2 Å². The van der Waals surface area contributed by atoms with E-state index in [1.54, 1.807) is 7.05 Å². The number of likely N-dealkylation sites (tertiary alicyclic amines) is 1. The summed E-state index contributed by atoms with van der Waals surface area (Å²) >= 11 is 0. The molecule has 2 fully saturated rings. The molecular weight excluding hydrogens is 391 g/mol. The van der Waals surface area contributed by atoms with Gasteiger partial charge in [0.1, 0.15) is 0 Å². The van der Waals surface area contributed by atoms with E-state index in [0.29, 0.717) is 12.0 Å². The minimum absolute atomic E-state index is 0. The van der Waals surface area contributed by atoms with E-state index < -0.39 is 0 Å². The number of carbonyl (C=O) groups excluding carboxylic acids is 1. The molecule has 1 aliphatic carbocycles. The fourth-order valence-electron chi connectivity index (χ4n) is 3.64. The van der Waals surface area contributed by atoms with Crippen LogP contribution in [0.1, 0.15) is 51.9 Å². The van der Waals surface area contributed by atoms with Gasteiger partial charge in [0.05, 0.1) is 6.54 Å². The topological polar surface area (TPSA) is 56.7 Å². The maximum atomic E-state index is 11.7. The summed E-state index contributed by atoms with van der Waals surface area (Å²) < 4.78 is 0. The molecule has 1 spiro atoms. The molecule has 0 aromatic carbocycles. The summed E-state index contributed by atoms with van der Waals surface area (Å²) in [5.41, 5.74) is 0.514. The fraction of sp³-hybridized carbons (Fsp3) is 0.875. The lowest BCUT2D eigenvalue weighted by Gasteiger charge is -2.33. The molecule has 6 heteroatoms. The standard InChI is InChI=1S/C16H30N4O.HI/c1-3-10-18-14(21)12-19-15(17-2)20-11-9-16(13-20)7-5-4-6-8-16;/h3-13H2,1-2H3,(H,17,19)(H,18,21);1H. The van der Waals surface area contributed by atoms with Crippen LogP contribution in [0.5, 0.6) is 0 Å². The first kappa shape index (κ1) is 19.5. The van der Waals surface area contributed by atoms with Crippen LogP contribution < -0.4 is 10.6 Å². The van der Waals surface area contributed by atoms with Crippen molar-refractivity contribution < 1.29 is 4.79 Å². The van der Waals surface area contributed by atoms with Gasteiger partial charge in [0.15, 0.2) is 5.96 Å². The van der Waals surface area contributed by atoms with Crippen molar-refractivity contribution >= 4 is 35.8 Å². The average Bonchev–Trinajstić information content (AvgIpc) is 2.90. The number of nitrogens with zero attached hydrogens (tertiary/aromatic N) is 2. The largest absolute Gasteiger partial charge is 0.355 e. The lowest BCUT2D eigenvalue weighted by Crippen LogP contribution is -2.45. The lowest BCUT2D eigenvalue weighted by molar-refractivity contribution is -0.120. The summed E-state index contributed by atoms with van der Waals surface area (Å²) in [6.07, 6.45) is 9.10. The van der Waals surface area contributed by atoms with Gasteiger partial charge >= 0.3 is 0 Å². The second kappa shape index (κ2) is 9.57. The predicted molar refractivity (Wildman–Crippen MR) is 102 cm³/mol. The number of hydrogen-bond donors (Lipinski definition) is 2. The van der Waals surface area contributed by atoms with E-state index in [2.05, 4.69) is 27.4 Å². The number of aliphatic imine (C=N–C) groups is 1. The van der Waals surface area contributed by atoms with Crippen LogP contribution >= 0.6 is 24.0 Å². The molecule has 1 saturated heterocycles. The highest BCUT2D eigenvalue weighted by Gasteiger charge is 2.39. The van der Waals surface area contributed by atoms with Crippen LogP contribution in [0.25, 0.3) is 0 Å². The van der Waals surface area contributed by atoms with Gasteiger partial charge in [-0.05, 0) is 31.1 Å². The molecule has 0 aromatic heterocycles. The first-order valence-corrected chi connectivity index (χ1v) is 8.41. The van der Waals surface area contributed by atoms with Crippen LogP contribution in [0, 0.1) is 5.41 Å².